The Hall–Kier alpha value is -2.69. The second kappa shape index (κ2) is 21.2. The number of rotatable bonds is 15. The maximum Gasteiger partial charge on any atom is 1.00 e. The molecule has 278 valence electrons. The van der Waals surface area contributed by atoms with Crippen LogP contribution in [0.15, 0.2) is 97.8 Å². The van der Waals surface area contributed by atoms with Crippen LogP contribution in [0.5, 0.6) is 11.5 Å². The van der Waals surface area contributed by atoms with Crippen LogP contribution in [-0.2, 0) is 33.9 Å². The molecule has 0 aliphatic rings. The Kier molecular flexibility index (Phi) is 18.0. The molecule has 4 aromatic carbocycles. The van der Waals surface area contributed by atoms with Gasteiger partial charge in [0.1, 0.15) is 22.5 Å². The predicted octanol–water partition coefficient (Wildman–Crippen LogP) is -0.364. The van der Waals surface area contributed by atoms with E-state index in [9.17, 15) is 26.5 Å². The quantitative estimate of drug-likeness (QED) is 0.00999. The summed E-state index contributed by atoms with van der Waals surface area (Å²) in [5, 5.41) is 27.0. The Labute approximate surface area is 372 Å². The molecule has 0 saturated carbocycles. The van der Waals surface area contributed by atoms with Gasteiger partial charge in [0, 0.05) is 16.3 Å². The molecule has 0 atom stereocenters. The topological polar surface area (TPSA) is 271 Å². The van der Waals surface area contributed by atoms with Crippen molar-refractivity contribution in [2.45, 2.75) is 9.79 Å². The largest absolute Gasteiger partial charge is 1.00 e. The smallest absolute Gasteiger partial charge is 0.871 e. The third-order valence-electron chi connectivity index (χ3n) is 6.38. The van der Waals surface area contributed by atoms with Crippen LogP contribution in [0, 0.1) is 0 Å². The first kappa shape index (κ1) is 46.7. The van der Waals surface area contributed by atoms with Gasteiger partial charge in [0.15, 0.2) is 5.17 Å². The fourth-order valence-electron chi connectivity index (χ4n) is 4.15. The van der Waals surface area contributed by atoms with E-state index in [4.69, 9.17) is 30.1 Å². The van der Waals surface area contributed by atoms with Crippen molar-refractivity contribution in [1.29, 1.82) is 0 Å². The van der Waals surface area contributed by atoms with Gasteiger partial charge in [0.05, 0.1) is 42.0 Å². The zero-order chi connectivity index (χ0) is 38.2. The fraction of sp³-hybridized carbons (Fsp3) is 0.103. The molecule has 5 aromatic rings. The molecular formula is C29H23ClN8Na2O11S4. The van der Waals surface area contributed by atoms with Crippen LogP contribution < -0.4 is 79.6 Å². The van der Waals surface area contributed by atoms with Gasteiger partial charge in [-0.25, -0.2) is 17.5 Å². The van der Waals surface area contributed by atoms with Crippen LogP contribution >= 0.6 is 36.3 Å². The van der Waals surface area contributed by atoms with Crippen molar-refractivity contribution in [3.05, 3.63) is 78.1 Å². The number of hydrogen-bond acceptors (Lipinski definition) is 18. The maximum absolute atomic E-state index is 13.4. The van der Waals surface area contributed by atoms with Crippen molar-refractivity contribution in [3.8, 4) is 11.5 Å². The number of azo groups is 1. The number of methoxy groups -OCH3 is 1. The Morgan fingerprint density at radius 3 is 2.29 bits per heavy atom. The van der Waals surface area contributed by atoms with E-state index in [1.54, 1.807) is 31.4 Å². The SMILES string of the molecule is COc1ccc(NC(S)=Nc2nc(Cl)nc(Nc3ccc4c([O-])c(N=Nc5ccc(SOOCCOS(=O)(=O)O)cc5)c(S(=O)(=O)[O-])cc4c3)n2)cc1.[Na+].[Na+]. The monoisotopic (exact) mass is 868 g/mol. The van der Waals surface area contributed by atoms with Gasteiger partial charge in [-0.2, -0.15) is 37.8 Å². The summed E-state index contributed by atoms with van der Waals surface area (Å²) in [4.78, 5) is 20.7. The molecular weight excluding hydrogens is 846 g/mol. The van der Waals surface area contributed by atoms with Crippen molar-refractivity contribution in [1.82, 2.24) is 15.0 Å². The van der Waals surface area contributed by atoms with E-state index < -0.39 is 43.5 Å². The summed E-state index contributed by atoms with van der Waals surface area (Å²) in [6.45, 7) is -0.789. The molecule has 0 amide bonds. The molecule has 55 heavy (non-hydrogen) atoms. The van der Waals surface area contributed by atoms with Crippen molar-refractivity contribution < 1.29 is 108 Å². The number of hydrogen-bond donors (Lipinski definition) is 4. The van der Waals surface area contributed by atoms with Crippen LogP contribution in [0.25, 0.3) is 10.8 Å². The average molecular weight is 869 g/mol. The molecule has 5 rings (SSSR count). The molecule has 0 aliphatic heterocycles. The zero-order valence-corrected chi connectivity index (χ0v) is 36.7. The zero-order valence-electron chi connectivity index (χ0n) is 28.6. The number of fused-ring (bicyclic) bond motifs is 1. The number of halogens is 1. The van der Waals surface area contributed by atoms with Crippen LogP contribution in [0.1, 0.15) is 0 Å². The number of anilines is 3. The fourth-order valence-corrected chi connectivity index (χ4v) is 5.88. The maximum atomic E-state index is 13.4. The van der Waals surface area contributed by atoms with Crippen LogP contribution in [0.2, 0.25) is 5.28 Å². The summed E-state index contributed by atoms with van der Waals surface area (Å²) in [6, 6.07) is 18.2. The number of nitrogens with one attached hydrogen (secondary N) is 2. The minimum Gasteiger partial charge on any atom is -0.871 e. The van der Waals surface area contributed by atoms with Crippen LogP contribution in [-0.4, -0.2) is 66.4 Å². The van der Waals surface area contributed by atoms with E-state index in [1.807, 2.05) is 0 Å². The molecule has 0 spiro atoms. The molecule has 1 aromatic heterocycles. The number of nitrogens with zero attached hydrogens (tertiary/aromatic N) is 6. The second-order valence-corrected chi connectivity index (χ2v) is 14.0. The number of aromatic nitrogens is 3. The molecule has 0 bridgehead atoms. The average Bonchev–Trinajstić information content (AvgIpc) is 3.09. The first-order chi connectivity index (χ1) is 25.2. The van der Waals surface area contributed by atoms with Gasteiger partial charge in [-0.3, -0.25) is 4.55 Å². The minimum absolute atomic E-state index is 0. The van der Waals surface area contributed by atoms with Crippen LogP contribution in [0.4, 0.5) is 34.6 Å². The Morgan fingerprint density at radius 2 is 1.64 bits per heavy atom. The van der Waals surface area contributed by atoms with Crippen molar-refractivity contribution in [2.24, 2.45) is 15.2 Å². The van der Waals surface area contributed by atoms with Crippen molar-refractivity contribution >= 4 is 107 Å². The van der Waals surface area contributed by atoms with E-state index in [2.05, 4.69) is 57.6 Å². The van der Waals surface area contributed by atoms with Gasteiger partial charge in [0.2, 0.25) is 11.2 Å². The van der Waals surface area contributed by atoms with Crippen LogP contribution in [0.3, 0.4) is 0 Å². The number of thiol groups is 1. The summed E-state index contributed by atoms with van der Waals surface area (Å²) in [6.07, 6.45) is 0. The Bertz CT molecular complexity index is 2400. The van der Waals surface area contributed by atoms with Gasteiger partial charge in [-0.05, 0) is 89.1 Å². The molecule has 0 unspecified atom stereocenters. The van der Waals surface area contributed by atoms with E-state index in [0.717, 1.165) is 18.1 Å². The third kappa shape index (κ3) is 14.3. The van der Waals surface area contributed by atoms with E-state index >= 15 is 0 Å². The first-order valence-electron chi connectivity index (χ1n) is 14.4. The van der Waals surface area contributed by atoms with Gasteiger partial charge < -0.3 is 25.0 Å². The summed E-state index contributed by atoms with van der Waals surface area (Å²) in [5.74, 6) is -0.358. The standard InChI is InChI=1S/C29H25ClN8O11S4.2Na/c1-46-20-7-2-17(3-8-20)32-29(50)36-28-34-26(30)33-27(35-28)31-19-6-11-22-16(14-19)15-23(52(40,41)42)24(25(22)39)38-37-18-4-9-21(10-5-18)51-49-47-12-13-48-53(43,44)45;;/h2-11,14-15,39H,12-13H2,1H3,(H,40,41,42)(H,43,44,45)(H3,31,32,33,34,35,36,50);;/q;2*+1/p-2. The minimum atomic E-state index is -5.20. The van der Waals surface area contributed by atoms with E-state index in [1.165, 1.54) is 42.5 Å². The number of benzene rings is 4. The number of aliphatic imine (C=N–C) groups is 1. The summed E-state index contributed by atoms with van der Waals surface area (Å²) in [5.41, 5.74) is 0.449. The molecule has 3 N–H and O–H groups in total. The van der Waals surface area contributed by atoms with E-state index in [0.29, 0.717) is 22.0 Å². The predicted molar refractivity (Wildman–Crippen MR) is 193 cm³/mol. The summed E-state index contributed by atoms with van der Waals surface area (Å²) >= 11 is 11.2. The van der Waals surface area contributed by atoms with Gasteiger partial charge in [-0.1, -0.05) is 11.8 Å². The van der Waals surface area contributed by atoms with Gasteiger partial charge >= 0.3 is 69.5 Å². The molecule has 0 saturated heterocycles. The number of amidine groups is 1. The Morgan fingerprint density at radius 1 is 0.945 bits per heavy atom. The molecule has 0 fully saturated rings. The Balaban J connectivity index is 0.00000406. The molecule has 0 aliphatic carbocycles. The summed E-state index contributed by atoms with van der Waals surface area (Å²) in [7, 11) is -8.25. The van der Waals surface area contributed by atoms with Crippen molar-refractivity contribution in [3.63, 3.8) is 0 Å². The van der Waals surface area contributed by atoms with Gasteiger partial charge in [-0.15, -0.1) is 17.7 Å². The van der Waals surface area contributed by atoms with E-state index in [-0.39, 0.29) is 105 Å². The second-order valence-electron chi connectivity index (χ2n) is 10.0. The first-order valence-corrected chi connectivity index (χ1v) is 18.7. The molecule has 1 heterocycles. The third-order valence-corrected chi connectivity index (χ3v) is 8.71. The van der Waals surface area contributed by atoms with Gasteiger partial charge in [0.25, 0.3) is 5.95 Å². The number of ether oxygens (including phenoxy) is 1. The molecule has 19 nitrogen and oxygen atoms in total. The summed E-state index contributed by atoms with van der Waals surface area (Å²) < 4.78 is 80.2. The van der Waals surface area contributed by atoms with Crippen molar-refractivity contribution in [2.75, 3.05) is 31.0 Å². The normalized spacial score (nSPS) is 11.9. The molecule has 26 heteroatoms. The molecule has 0 radical (unpaired) electrons.